The van der Waals surface area contributed by atoms with Crippen LogP contribution in [0.2, 0.25) is 0 Å². The molecule has 2 N–H and O–H groups in total. The average Bonchev–Trinajstić information content (AvgIpc) is 2.31. The first-order chi connectivity index (χ1) is 7.74. The maximum Gasteiger partial charge on any atom is 0.135 e. The quantitative estimate of drug-likeness (QED) is 0.825. The van der Waals surface area contributed by atoms with Crippen LogP contribution >= 0.6 is 0 Å². The third-order valence-electron chi connectivity index (χ3n) is 2.46. The summed E-state index contributed by atoms with van der Waals surface area (Å²) in [6.07, 6.45) is 0. The van der Waals surface area contributed by atoms with Crippen LogP contribution < -0.4 is 5.73 Å². The minimum absolute atomic E-state index is 0.105. The Labute approximate surface area is 92.5 Å². The maximum absolute atomic E-state index is 13.9. The third kappa shape index (κ3) is 1.82. The van der Waals surface area contributed by atoms with Crippen molar-refractivity contribution in [1.29, 1.82) is 0 Å². The highest BCUT2D eigenvalue weighted by molar-refractivity contribution is 5.65. The van der Waals surface area contributed by atoms with E-state index in [1.807, 2.05) is 0 Å². The molecule has 0 bridgehead atoms. The maximum atomic E-state index is 13.9. The Balaban J connectivity index is 2.61. The van der Waals surface area contributed by atoms with Gasteiger partial charge in [0.05, 0.1) is 0 Å². The molecule has 0 aliphatic heterocycles. The summed E-state index contributed by atoms with van der Waals surface area (Å²) >= 11 is 0. The lowest BCUT2D eigenvalue weighted by Crippen LogP contribution is -2.01. The highest BCUT2D eigenvalue weighted by Gasteiger charge is 2.11. The molecule has 0 aliphatic rings. The summed E-state index contributed by atoms with van der Waals surface area (Å²) in [6, 6.07) is 10.9. The van der Waals surface area contributed by atoms with E-state index in [0.29, 0.717) is 5.56 Å². The molecule has 0 saturated carbocycles. The highest BCUT2D eigenvalue weighted by atomic mass is 19.1. The van der Waals surface area contributed by atoms with Crippen molar-refractivity contribution in [1.82, 2.24) is 0 Å². The molecule has 2 rings (SSSR count). The summed E-state index contributed by atoms with van der Waals surface area (Å²) in [4.78, 5) is 0. The Morgan fingerprint density at radius 2 is 1.56 bits per heavy atom. The molecule has 0 heterocycles. The lowest BCUT2D eigenvalue weighted by molar-refractivity contribution is 0.605. The van der Waals surface area contributed by atoms with E-state index in [-0.39, 0.29) is 17.7 Å². The van der Waals surface area contributed by atoms with E-state index >= 15 is 0 Å². The van der Waals surface area contributed by atoms with Crippen molar-refractivity contribution >= 4 is 0 Å². The Morgan fingerprint density at radius 1 is 0.875 bits per heavy atom. The molecule has 0 radical (unpaired) electrons. The van der Waals surface area contributed by atoms with Gasteiger partial charge in [0, 0.05) is 23.2 Å². The van der Waals surface area contributed by atoms with Gasteiger partial charge in [0.2, 0.25) is 0 Å². The first-order valence-corrected chi connectivity index (χ1v) is 4.96. The topological polar surface area (TPSA) is 26.0 Å². The van der Waals surface area contributed by atoms with Gasteiger partial charge >= 0.3 is 0 Å². The predicted octanol–water partition coefficient (Wildman–Crippen LogP) is 3.09. The lowest BCUT2D eigenvalue weighted by Gasteiger charge is -2.07. The number of halogens is 2. The number of rotatable bonds is 2. The first-order valence-electron chi connectivity index (χ1n) is 4.96. The zero-order chi connectivity index (χ0) is 11.5. The van der Waals surface area contributed by atoms with Crippen LogP contribution in [-0.4, -0.2) is 0 Å². The van der Waals surface area contributed by atoms with E-state index in [9.17, 15) is 8.78 Å². The fourth-order valence-corrected chi connectivity index (χ4v) is 1.63. The minimum atomic E-state index is -0.449. The first kappa shape index (κ1) is 10.8. The second-order valence-corrected chi connectivity index (χ2v) is 3.46. The summed E-state index contributed by atoms with van der Waals surface area (Å²) in [7, 11) is 0. The van der Waals surface area contributed by atoms with Crippen LogP contribution in [0, 0.1) is 11.6 Å². The normalized spacial score (nSPS) is 10.4. The third-order valence-corrected chi connectivity index (χ3v) is 2.46. The van der Waals surface area contributed by atoms with Gasteiger partial charge in [-0.05, 0) is 6.07 Å². The van der Waals surface area contributed by atoms with Crippen molar-refractivity contribution in [2.24, 2.45) is 5.73 Å². The Morgan fingerprint density at radius 3 is 2.25 bits per heavy atom. The molecule has 0 spiro atoms. The van der Waals surface area contributed by atoms with Gasteiger partial charge < -0.3 is 5.73 Å². The molecule has 0 aromatic heterocycles. The fourth-order valence-electron chi connectivity index (χ4n) is 1.63. The lowest BCUT2D eigenvalue weighted by atomic mass is 10.0. The fraction of sp³-hybridized carbons (Fsp3) is 0.0769. The average molecular weight is 219 g/mol. The van der Waals surface area contributed by atoms with Gasteiger partial charge in [-0.2, -0.15) is 0 Å². The molecule has 0 atom stereocenters. The second-order valence-electron chi connectivity index (χ2n) is 3.46. The largest absolute Gasteiger partial charge is 0.326 e. The van der Waals surface area contributed by atoms with Gasteiger partial charge in [-0.25, -0.2) is 8.78 Å². The summed E-state index contributed by atoms with van der Waals surface area (Å²) in [6.45, 7) is 0.105. The van der Waals surface area contributed by atoms with Crippen LogP contribution in [0.4, 0.5) is 8.78 Å². The molecule has 0 fully saturated rings. The van der Waals surface area contributed by atoms with Crippen molar-refractivity contribution in [2.75, 3.05) is 0 Å². The van der Waals surface area contributed by atoms with E-state index in [1.54, 1.807) is 36.4 Å². The van der Waals surface area contributed by atoms with Gasteiger partial charge in [-0.15, -0.1) is 0 Å². The molecule has 3 heteroatoms. The Kier molecular flexibility index (Phi) is 2.97. The molecule has 0 amide bonds. The molecule has 0 unspecified atom stereocenters. The van der Waals surface area contributed by atoms with E-state index in [1.165, 1.54) is 6.07 Å². The number of hydrogen-bond donors (Lipinski definition) is 1. The summed E-state index contributed by atoms with van der Waals surface area (Å²) in [5.74, 6) is -0.884. The monoisotopic (exact) mass is 219 g/mol. The van der Waals surface area contributed by atoms with Gasteiger partial charge in [-0.1, -0.05) is 36.4 Å². The van der Waals surface area contributed by atoms with Crippen molar-refractivity contribution in [3.05, 3.63) is 59.7 Å². The van der Waals surface area contributed by atoms with Crippen molar-refractivity contribution in [2.45, 2.75) is 6.54 Å². The number of nitrogens with two attached hydrogens (primary N) is 1. The van der Waals surface area contributed by atoms with Crippen LogP contribution in [-0.2, 0) is 6.54 Å². The van der Waals surface area contributed by atoms with Gasteiger partial charge in [0.1, 0.15) is 11.6 Å². The molecular formula is C13H11F2N. The van der Waals surface area contributed by atoms with Crippen molar-refractivity contribution < 1.29 is 8.78 Å². The number of hydrogen-bond acceptors (Lipinski definition) is 1. The number of benzene rings is 2. The SMILES string of the molecule is NCc1cccc(-c2ccccc2F)c1F. The van der Waals surface area contributed by atoms with E-state index in [4.69, 9.17) is 5.73 Å². The van der Waals surface area contributed by atoms with E-state index in [2.05, 4.69) is 0 Å². The summed E-state index contributed by atoms with van der Waals surface area (Å²) < 4.78 is 27.4. The highest BCUT2D eigenvalue weighted by Crippen LogP contribution is 2.26. The second kappa shape index (κ2) is 4.41. The van der Waals surface area contributed by atoms with Crippen molar-refractivity contribution in [3.63, 3.8) is 0 Å². The predicted molar refractivity (Wildman–Crippen MR) is 59.7 cm³/mol. The van der Waals surface area contributed by atoms with E-state index in [0.717, 1.165) is 0 Å². The smallest absolute Gasteiger partial charge is 0.135 e. The molecule has 1 nitrogen and oxygen atoms in total. The molecule has 82 valence electrons. The zero-order valence-electron chi connectivity index (χ0n) is 8.58. The molecule has 2 aromatic rings. The minimum Gasteiger partial charge on any atom is -0.326 e. The molecule has 2 aromatic carbocycles. The Hall–Kier alpha value is -1.74. The van der Waals surface area contributed by atoms with Crippen LogP contribution in [0.1, 0.15) is 5.56 Å². The van der Waals surface area contributed by atoms with E-state index < -0.39 is 11.6 Å². The molecule has 0 aliphatic carbocycles. The van der Waals surface area contributed by atoms with Gasteiger partial charge in [0.15, 0.2) is 0 Å². The summed E-state index contributed by atoms with van der Waals surface area (Å²) in [5.41, 5.74) is 6.30. The van der Waals surface area contributed by atoms with Crippen LogP contribution in [0.15, 0.2) is 42.5 Å². The zero-order valence-corrected chi connectivity index (χ0v) is 8.58. The summed E-state index contributed by atoms with van der Waals surface area (Å²) in [5, 5.41) is 0. The van der Waals surface area contributed by atoms with Crippen LogP contribution in [0.25, 0.3) is 11.1 Å². The van der Waals surface area contributed by atoms with Crippen LogP contribution in [0.5, 0.6) is 0 Å². The molecule has 0 saturated heterocycles. The van der Waals surface area contributed by atoms with Gasteiger partial charge in [0.25, 0.3) is 0 Å². The van der Waals surface area contributed by atoms with Gasteiger partial charge in [-0.3, -0.25) is 0 Å². The van der Waals surface area contributed by atoms with Crippen LogP contribution in [0.3, 0.4) is 0 Å². The standard InChI is InChI=1S/C13H11F2N/c14-12-7-2-1-5-10(12)11-6-3-4-9(8-16)13(11)15/h1-7H,8,16H2. The molecule has 16 heavy (non-hydrogen) atoms. The Bertz CT molecular complexity index is 509. The van der Waals surface area contributed by atoms with Crippen molar-refractivity contribution in [3.8, 4) is 11.1 Å². The molecular weight excluding hydrogens is 208 g/mol.